The van der Waals surface area contributed by atoms with Crippen molar-refractivity contribution in [1.29, 1.82) is 0 Å². The predicted molar refractivity (Wildman–Crippen MR) is 56.0 cm³/mol. The largest absolute Gasteiger partial charge is 0.382 e. The molecule has 6 nitrogen and oxygen atoms in total. The maximum absolute atomic E-state index is 11.3. The number of aliphatic hydroxyl groups is 1. The normalized spacial score (nSPS) is 14.3. The molecule has 0 rings (SSSR count). The summed E-state index contributed by atoms with van der Waals surface area (Å²) in [4.78, 5) is 21.8. The van der Waals surface area contributed by atoms with E-state index in [2.05, 4.69) is 10.6 Å². The van der Waals surface area contributed by atoms with Crippen LogP contribution in [0.5, 0.6) is 0 Å². The van der Waals surface area contributed by atoms with Gasteiger partial charge in [-0.05, 0) is 13.3 Å². The van der Waals surface area contributed by atoms with Crippen LogP contribution in [0.15, 0.2) is 0 Å². The Morgan fingerprint density at radius 2 is 2.07 bits per heavy atom. The number of carbonyl (C=O) groups is 2. The minimum atomic E-state index is -1.26. The summed E-state index contributed by atoms with van der Waals surface area (Å²) >= 11 is 0. The van der Waals surface area contributed by atoms with E-state index in [0.29, 0.717) is 6.54 Å². The molecule has 0 saturated heterocycles. The van der Waals surface area contributed by atoms with Gasteiger partial charge in [0.25, 0.3) is 0 Å². The van der Waals surface area contributed by atoms with Crippen LogP contribution in [-0.2, 0) is 9.59 Å². The molecule has 15 heavy (non-hydrogen) atoms. The molecule has 0 aromatic carbocycles. The molecule has 6 heteroatoms. The van der Waals surface area contributed by atoms with Crippen molar-refractivity contribution in [3.63, 3.8) is 0 Å². The predicted octanol–water partition coefficient (Wildman–Crippen LogP) is -1.66. The zero-order chi connectivity index (χ0) is 11.8. The maximum Gasteiger partial charge on any atom is 0.247 e. The molecule has 0 aliphatic heterocycles. The molecule has 0 saturated carbocycles. The van der Waals surface area contributed by atoms with E-state index < -0.39 is 18.1 Å². The Hall–Kier alpha value is -1.14. The Balaban J connectivity index is 3.77. The van der Waals surface area contributed by atoms with E-state index >= 15 is 0 Å². The van der Waals surface area contributed by atoms with Gasteiger partial charge in [0, 0.05) is 13.1 Å². The number of nitrogens with one attached hydrogen (secondary N) is 2. The van der Waals surface area contributed by atoms with E-state index in [9.17, 15) is 9.59 Å². The van der Waals surface area contributed by atoms with E-state index in [4.69, 9.17) is 10.8 Å². The molecule has 0 radical (unpaired) electrons. The van der Waals surface area contributed by atoms with Crippen molar-refractivity contribution in [2.45, 2.75) is 32.4 Å². The monoisotopic (exact) mass is 217 g/mol. The molecule has 0 aliphatic carbocycles. The van der Waals surface area contributed by atoms with Gasteiger partial charge in [-0.2, -0.15) is 0 Å². The lowest BCUT2D eigenvalue weighted by Gasteiger charge is -2.15. The summed E-state index contributed by atoms with van der Waals surface area (Å²) in [5.41, 5.74) is 4.85. The number of amides is 2. The molecule has 0 aromatic heterocycles. The van der Waals surface area contributed by atoms with Gasteiger partial charge < -0.3 is 21.5 Å². The lowest BCUT2D eigenvalue weighted by atomic mass is 10.2. The molecular weight excluding hydrogens is 198 g/mol. The van der Waals surface area contributed by atoms with Crippen molar-refractivity contribution in [3.05, 3.63) is 0 Å². The molecular formula is C9H19N3O3. The summed E-state index contributed by atoms with van der Waals surface area (Å²) in [7, 11) is 0. The van der Waals surface area contributed by atoms with Crippen molar-refractivity contribution in [2.24, 2.45) is 5.73 Å². The Bertz CT molecular complexity index is 221. The lowest BCUT2D eigenvalue weighted by molar-refractivity contribution is -0.127. The van der Waals surface area contributed by atoms with Gasteiger partial charge in [0.15, 0.2) is 0 Å². The van der Waals surface area contributed by atoms with Gasteiger partial charge in [0.2, 0.25) is 11.8 Å². The molecule has 2 unspecified atom stereocenters. The van der Waals surface area contributed by atoms with E-state index in [-0.39, 0.29) is 12.5 Å². The fourth-order valence-electron chi connectivity index (χ4n) is 0.883. The Morgan fingerprint density at radius 1 is 1.47 bits per heavy atom. The summed E-state index contributed by atoms with van der Waals surface area (Å²) in [6.07, 6.45) is -0.394. The first-order valence-corrected chi connectivity index (χ1v) is 4.97. The number of carbonyl (C=O) groups excluding carboxylic acids is 2. The summed E-state index contributed by atoms with van der Waals surface area (Å²) in [6.45, 7) is 4.20. The third-order valence-corrected chi connectivity index (χ3v) is 1.89. The number of hydrogen-bond acceptors (Lipinski definition) is 4. The molecule has 0 bridgehead atoms. The maximum atomic E-state index is 11.3. The van der Waals surface area contributed by atoms with Gasteiger partial charge in [-0.15, -0.1) is 0 Å². The van der Waals surface area contributed by atoms with Crippen LogP contribution in [0.1, 0.15) is 20.3 Å². The second kappa shape index (κ2) is 7.19. The van der Waals surface area contributed by atoms with Crippen molar-refractivity contribution < 1.29 is 14.7 Å². The average Bonchev–Trinajstić information content (AvgIpc) is 2.21. The number of aliphatic hydroxyl groups excluding tert-OH is 1. The molecule has 5 N–H and O–H groups in total. The van der Waals surface area contributed by atoms with Crippen LogP contribution >= 0.6 is 0 Å². The van der Waals surface area contributed by atoms with E-state index in [1.165, 1.54) is 0 Å². The first-order chi connectivity index (χ1) is 6.99. The molecule has 88 valence electrons. The Labute approximate surface area is 89.2 Å². The van der Waals surface area contributed by atoms with Gasteiger partial charge in [-0.25, -0.2) is 0 Å². The quantitative estimate of drug-likeness (QED) is 0.409. The lowest BCUT2D eigenvalue weighted by Crippen LogP contribution is -2.47. The highest BCUT2D eigenvalue weighted by molar-refractivity contribution is 5.81. The van der Waals surface area contributed by atoms with Gasteiger partial charge in [-0.1, -0.05) is 6.92 Å². The summed E-state index contributed by atoms with van der Waals surface area (Å²) < 4.78 is 0. The third-order valence-electron chi connectivity index (χ3n) is 1.89. The fourth-order valence-corrected chi connectivity index (χ4v) is 0.883. The summed E-state index contributed by atoms with van der Waals surface area (Å²) in [6, 6.07) is -0.453. The highest BCUT2D eigenvalue weighted by Crippen LogP contribution is 1.85. The second-order valence-electron chi connectivity index (χ2n) is 3.34. The first kappa shape index (κ1) is 13.9. The molecule has 2 atom stereocenters. The molecule has 0 heterocycles. The first-order valence-electron chi connectivity index (χ1n) is 4.97. The molecule has 2 amide bonds. The van der Waals surface area contributed by atoms with Crippen LogP contribution in [0.2, 0.25) is 0 Å². The van der Waals surface area contributed by atoms with Crippen molar-refractivity contribution in [3.8, 4) is 0 Å². The molecule has 0 aromatic rings. The van der Waals surface area contributed by atoms with Crippen LogP contribution in [0.4, 0.5) is 0 Å². The summed E-state index contributed by atoms with van der Waals surface area (Å²) in [5.74, 6) is -0.961. The second-order valence-corrected chi connectivity index (χ2v) is 3.34. The van der Waals surface area contributed by atoms with Crippen LogP contribution in [0, 0.1) is 0 Å². The Morgan fingerprint density at radius 3 is 2.53 bits per heavy atom. The fraction of sp³-hybridized carbons (Fsp3) is 0.778. The van der Waals surface area contributed by atoms with Crippen LogP contribution < -0.4 is 16.4 Å². The zero-order valence-corrected chi connectivity index (χ0v) is 9.12. The molecule has 0 aliphatic rings. The van der Waals surface area contributed by atoms with Crippen molar-refractivity contribution in [1.82, 2.24) is 10.6 Å². The number of rotatable bonds is 7. The molecule has 0 spiro atoms. The van der Waals surface area contributed by atoms with Crippen molar-refractivity contribution in [2.75, 3.05) is 13.1 Å². The van der Waals surface area contributed by atoms with Gasteiger partial charge >= 0.3 is 0 Å². The number of primary amides is 1. The molecule has 0 fully saturated rings. The van der Waals surface area contributed by atoms with Gasteiger partial charge in [-0.3, -0.25) is 9.59 Å². The van der Waals surface area contributed by atoms with Crippen LogP contribution in [-0.4, -0.2) is 42.2 Å². The standard InChI is InChI=1S/C9H19N3O3/c1-3-4-11-9(15)6(2)12-5-7(13)8(10)14/h6-7,12-13H,3-5H2,1-2H3,(H2,10,14)(H,11,15). The van der Waals surface area contributed by atoms with Crippen molar-refractivity contribution >= 4 is 11.8 Å². The van der Waals surface area contributed by atoms with E-state index in [1.54, 1.807) is 6.92 Å². The third kappa shape index (κ3) is 6.03. The van der Waals surface area contributed by atoms with E-state index in [0.717, 1.165) is 6.42 Å². The van der Waals surface area contributed by atoms with Crippen LogP contribution in [0.25, 0.3) is 0 Å². The van der Waals surface area contributed by atoms with Gasteiger partial charge in [0.05, 0.1) is 6.04 Å². The summed E-state index contributed by atoms with van der Waals surface area (Å²) in [5, 5.41) is 14.5. The average molecular weight is 217 g/mol. The minimum absolute atomic E-state index is 0.0178. The van der Waals surface area contributed by atoms with Crippen LogP contribution in [0.3, 0.4) is 0 Å². The SMILES string of the molecule is CCCNC(=O)C(C)NCC(O)C(N)=O. The number of nitrogens with two attached hydrogens (primary N) is 1. The minimum Gasteiger partial charge on any atom is -0.382 e. The highest BCUT2D eigenvalue weighted by atomic mass is 16.3. The van der Waals surface area contributed by atoms with Gasteiger partial charge in [0.1, 0.15) is 6.10 Å². The highest BCUT2D eigenvalue weighted by Gasteiger charge is 2.15. The topological polar surface area (TPSA) is 104 Å². The zero-order valence-electron chi connectivity index (χ0n) is 9.12. The Kier molecular flexibility index (Phi) is 6.64. The van der Waals surface area contributed by atoms with E-state index in [1.807, 2.05) is 6.92 Å². The number of hydrogen-bond donors (Lipinski definition) is 4. The smallest absolute Gasteiger partial charge is 0.247 e.